The monoisotopic (exact) mass is 142 g/mol. The van der Waals surface area contributed by atoms with Crippen LogP contribution in [0.25, 0.3) is 0 Å². The molecule has 0 aromatic heterocycles. The van der Waals surface area contributed by atoms with Gasteiger partial charge in [-0.05, 0) is 0 Å². The molecular formula is C6H13BNO2. The largest absolute Gasteiger partial charge is 0.605 e. The first-order valence-corrected chi connectivity index (χ1v) is 3.65. The normalized spacial score (nSPS) is 12.6. The number of unbranched alkanes of at least 4 members (excludes halogenated alkanes) is 1. The van der Waals surface area contributed by atoms with Crippen molar-refractivity contribution in [1.29, 1.82) is 0 Å². The average Bonchev–Trinajstić information content (AvgIpc) is 1.82. The second kappa shape index (κ2) is 5.27. The molecule has 0 rings (SSSR count). The molecule has 0 bridgehead atoms. The van der Waals surface area contributed by atoms with E-state index >= 15 is 0 Å². The fraction of sp³-hybridized carbons (Fsp3) is 1.00. The summed E-state index contributed by atoms with van der Waals surface area (Å²) in [5.74, 6) is 0.120. The third-order valence-corrected chi connectivity index (χ3v) is 1.39. The van der Waals surface area contributed by atoms with Gasteiger partial charge in [-0.15, -0.1) is 0 Å². The summed E-state index contributed by atoms with van der Waals surface area (Å²) in [6.45, 7) is 3.96. The Kier molecular flexibility index (Phi) is 4.98. The second-order valence-corrected chi connectivity index (χ2v) is 2.55. The maximum absolute atomic E-state index is 9.92. The van der Waals surface area contributed by atoms with Crippen LogP contribution in [0, 0.1) is 10.1 Å². The maximum Gasteiger partial charge on any atom is 0.605 e. The molecule has 4 heteroatoms. The van der Waals surface area contributed by atoms with Gasteiger partial charge in [0.1, 0.15) is 0 Å². The number of hydrogen-bond acceptors (Lipinski definition) is 2. The summed E-state index contributed by atoms with van der Waals surface area (Å²) in [5.41, 5.74) is 0. The van der Waals surface area contributed by atoms with Crippen LogP contribution >= 0.6 is 0 Å². The Morgan fingerprint density at radius 3 is 2.70 bits per heavy atom. The lowest BCUT2D eigenvalue weighted by Crippen LogP contribution is -2.10. The Bertz CT molecular complexity index is 108. The van der Waals surface area contributed by atoms with Gasteiger partial charge in [-0.2, -0.15) is 0 Å². The summed E-state index contributed by atoms with van der Waals surface area (Å²) in [7, 11) is 1.16. The quantitative estimate of drug-likeness (QED) is 0.334. The third kappa shape index (κ3) is 5.60. The maximum atomic E-state index is 9.92. The molecule has 1 radical (unpaired) electrons. The summed E-state index contributed by atoms with van der Waals surface area (Å²) >= 11 is 0. The molecule has 1 atom stereocenters. The van der Waals surface area contributed by atoms with E-state index in [9.17, 15) is 10.1 Å². The van der Waals surface area contributed by atoms with E-state index in [1.807, 2.05) is 6.92 Å². The summed E-state index contributed by atoms with van der Waals surface area (Å²) in [6.07, 6.45) is 3.11. The van der Waals surface area contributed by atoms with Crippen molar-refractivity contribution in [2.24, 2.45) is 0 Å². The van der Waals surface area contributed by atoms with E-state index in [-0.39, 0.29) is 10.7 Å². The number of nitro groups is 1. The van der Waals surface area contributed by atoms with Gasteiger partial charge in [0.25, 0.3) is 0 Å². The average molecular weight is 142 g/mol. The lowest BCUT2D eigenvalue weighted by atomic mass is 9.75. The van der Waals surface area contributed by atoms with Crippen LogP contribution in [0.1, 0.15) is 33.1 Å². The Labute approximate surface area is 62.2 Å². The Morgan fingerprint density at radius 1 is 1.70 bits per heavy atom. The molecule has 0 aliphatic heterocycles. The van der Waals surface area contributed by atoms with Crippen LogP contribution in [0.4, 0.5) is 0 Å². The summed E-state index contributed by atoms with van der Waals surface area (Å²) in [6, 6.07) is 0. The van der Waals surface area contributed by atoms with Crippen molar-refractivity contribution in [3.05, 3.63) is 10.1 Å². The van der Waals surface area contributed by atoms with Crippen molar-refractivity contribution in [2.75, 3.05) is 0 Å². The molecule has 1 unspecified atom stereocenters. The first-order valence-electron chi connectivity index (χ1n) is 3.65. The third-order valence-electron chi connectivity index (χ3n) is 1.39. The van der Waals surface area contributed by atoms with Crippen molar-refractivity contribution in [3.63, 3.8) is 0 Å². The lowest BCUT2D eigenvalue weighted by Gasteiger charge is -1.99. The van der Waals surface area contributed by atoms with Crippen LogP contribution in [0.3, 0.4) is 0 Å². The van der Waals surface area contributed by atoms with Crippen LogP contribution in [0.15, 0.2) is 0 Å². The van der Waals surface area contributed by atoms with E-state index in [2.05, 4.69) is 6.92 Å². The molecule has 0 amide bonds. The molecule has 0 fully saturated rings. The van der Waals surface area contributed by atoms with Crippen LogP contribution in [-0.4, -0.2) is 12.2 Å². The highest BCUT2D eigenvalue weighted by molar-refractivity contribution is 6.27. The zero-order valence-electron chi connectivity index (χ0n) is 6.54. The van der Waals surface area contributed by atoms with E-state index in [0.29, 0.717) is 0 Å². The fourth-order valence-electron chi connectivity index (χ4n) is 0.808. The number of hydrogen-bond donors (Lipinski definition) is 0. The van der Waals surface area contributed by atoms with E-state index in [1.54, 1.807) is 0 Å². The molecule has 57 valence electrons. The predicted octanol–water partition coefficient (Wildman–Crippen LogP) is 1.88. The van der Waals surface area contributed by atoms with Crippen molar-refractivity contribution >= 4 is 7.41 Å². The SMILES string of the molecule is CCCCC(C)[B][N+](=O)[O-]. The zero-order valence-corrected chi connectivity index (χ0v) is 6.54. The summed E-state index contributed by atoms with van der Waals surface area (Å²) in [4.78, 5) is 9.56. The van der Waals surface area contributed by atoms with Crippen LogP contribution in [0.2, 0.25) is 5.82 Å². The Balaban J connectivity index is 3.25. The fourth-order valence-corrected chi connectivity index (χ4v) is 0.808. The van der Waals surface area contributed by atoms with Gasteiger partial charge >= 0.3 is 7.41 Å². The van der Waals surface area contributed by atoms with E-state index in [1.165, 1.54) is 0 Å². The molecule has 0 aromatic rings. The van der Waals surface area contributed by atoms with Crippen molar-refractivity contribution in [2.45, 2.75) is 38.9 Å². The molecule has 0 heterocycles. The van der Waals surface area contributed by atoms with Gasteiger partial charge in [0.15, 0.2) is 0 Å². The number of nitrogens with zero attached hydrogens (tertiary/aromatic N) is 1. The smallest absolute Gasteiger partial charge is 0.294 e. The number of rotatable bonds is 5. The Morgan fingerprint density at radius 2 is 2.30 bits per heavy atom. The highest BCUT2D eigenvalue weighted by Gasteiger charge is 2.16. The van der Waals surface area contributed by atoms with Crippen molar-refractivity contribution in [1.82, 2.24) is 0 Å². The molecule has 0 aliphatic carbocycles. The van der Waals surface area contributed by atoms with E-state index in [0.717, 1.165) is 26.7 Å². The molecule has 0 N–H and O–H groups in total. The minimum atomic E-state index is -0.361. The van der Waals surface area contributed by atoms with Gasteiger partial charge in [-0.1, -0.05) is 37.9 Å². The van der Waals surface area contributed by atoms with Gasteiger partial charge in [-0.25, -0.2) is 0 Å². The van der Waals surface area contributed by atoms with Gasteiger partial charge in [0.05, 0.1) is 0 Å². The molecule has 0 aliphatic rings. The van der Waals surface area contributed by atoms with Crippen LogP contribution in [0.5, 0.6) is 0 Å². The molecule has 10 heavy (non-hydrogen) atoms. The Hall–Kier alpha value is -0.535. The predicted molar refractivity (Wildman–Crippen MR) is 41.7 cm³/mol. The second-order valence-electron chi connectivity index (χ2n) is 2.55. The molecule has 0 aromatic carbocycles. The zero-order chi connectivity index (χ0) is 7.98. The highest BCUT2D eigenvalue weighted by Crippen LogP contribution is 2.11. The first-order chi connectivity index (χ1) is 4.66. The van der Waals surface area contributed by atoms with Crippen molar-refractivity contribution in [3.8, 4) is 0 Å². The van der Waals surface area contributed by atoms with Gasteiger partial charge in [0, 0.05) is 5.82 Å². The highest BCUT2D eigenvalue weighted by atomic mass is 16.6. The minimum absolute atomic E-state index is 0.120. The topological polar surface area (TPSA) is 43.1 Å². The van der Waals surface area contributed by atoms with E-state index < -0.39 is 0 Å². The minimum Gasteiger partial charge on any atom is -0.294 e. The molecule has 0 saturated carbocycles. The summed E-state index contributed by atoms with van der Waals surface area (Å²) in [5, 5.41) is 9.92. The molecule has 3 nitrogen and oxygen atoms in total. The first kappa shape index (κ1) is 9.46. The van der Waals surface area contributed by atoms with Gasteiger partial charge in [0.2, 0.25) is 0 Å². The van der Waals surface area contributed by atoms with Gasteiger partial charge in [-0.3, -0.25) is 10.1 Å². The van der Waals surface area contributed by atoms with Gasteiger partial charge < -0.3 is 0 Å². The summed E-state index contributed by atoms with van der Waals surface area (Å²) < 4.78 is 0. The van der Waals surface area contributed by atoms with Crippen LogP contribution in [-0.2, 0) is 0 Å². The lowest BCUT2D eigenvalue weighted by molar-refractivity contribution is -0.323. The van der Waals surface area contributed by atoms with Crippen molar-refractivity contribution < 1.29 is 4.83 Å². The standard InChI is InChI=1S/C6H13BNO2/c1-3-4-5-6(2)7-8(9)10/h6H,3-5H2,1-2H3. The van der Waals surface area contributed by atoms with Crippen LogP contribution < -0.4 is 0 Å². The van der Waals surface area contributed by atoms with E-state index in [4.69, 9.17) is 0 Å². The molecule has 0 saturated heterocycles. The molecule has 0 spiro atoms. The molecular weight excluding hydrogens is 129 g/mol.